The van der Waals surface area contributed by atoms with Crippen molar-refractivity contribution in [2.75, 3.05) is 39.3 Å². The highest BCUT2D eigenvalue weighted by Gasteiger charge is 2.20. The van der Waals surface area contributed by atoms with Crippen molar-refractivity contribution < 1.29 is 4.74 Å². The third kappa shape index (κ3) is 5.84. The predicted molar refractivity (Wildman–Crippen MR) is 73.5 cm³/mol. The molecule has 0 aromatic carbocycles. The molecule has 1 rings (SSSR count). The van der Waals surface area contributed by atoms with E-state index in [1.807, 2.05) is 0 Å². The second-order valence-corrected chi connectivity index (χ2v) is 6.10. The maximum Gasteiger partial charge on any atom is 0.0600 e. The largest absolute Gasteiger partial charge is 0.375 e. The van der Waals surface area contributed by atoms with Crippen LogP contribution in [0, 0.1) is 0 Å². The molecule has 3 nitrogen and oxygen atoms in total. The van der Waals surface area contributed by atoms with E-state index in [9.17, 15) is 0 Å². The molecule has 0 saturated carbocycles. The van der Waals surface area contributed by atoms with E-state index in [4.69, 9.17) is 4.74 Å². The highest BCUT2D eigenvalue weighted by atomic mass is 16.5. The zero-order chi connectivity index (χ0) is 12.9. The Bertz CT molecular complexity index is 205. The van der Waals surface area contributed by atoms with Gasteiger partial charge in [0.15, 0.2) is 0 Å². The van der Waals surface area contributed by atoms with Crippen LogP contribution < -0.4 is 0 Å². The lowest BCUT2D eigenvalue weighted by Gasteiger charge is -2.38. The van der Waals surface area contributed by atoms with Gasteiger partial charge in [-0.1, -0.05) is 6.92 Å². The highest BCUT2D eigenvalue weighted by Crippen LogP contribution is 2.10. The van der Waals surface area contributed by atoms with Crippen molar-refractivity contribution >= 4 is 0 Å². The van der Waals surface area contributed by atoms with Gasteiger partial charge >= 0.3 is 0 Å². The summed E-state index contributed by atoms with van der Waals surface area (Å²) >= 11 is 0. The molecule has 1 saturated heterocycles. The summed E-state index contributed by atoms with van der Waals surface area (Å²) in [5.74, 6) is 0. The lowest BCUT2D eigenvalue weighted by molar-refractivity contribution is -0.0192. The lowest BCUT2D eigenvalue weighted by atomic mass is 10.2. The number of rotatable bonds is 5. The van der Waals surface area contributed by atoms with Gasteiger partial charge < -0.3 is 4.74 Å². The Balaban J connectivity index is 2.15. The van der Waals surface area contributed by atoms with Gasteiger partial charge in [0.05, 0.1) is 12.2 Å². The molecule has 17 heavy (non-hydrogen) atoms. The van der Waals surface area contributed by atoms with E-state index < -0.39 is 0 Å². The Hall–Kier alpha value is -0.120. The van der Waals surface area contributed by atoms with Crippen LogP contribution in [0.25, 0.3) is 0 Å². The SMILES string of the molecule is CCC(C)N1CCN(CCOC(C)(C)C)CC1. The Labute approximate surface area is 107 Å². The van der Waals surface area contributed by atoms with Crippen LogP contribution in [-0.2, 0) is 4.74 Å². The molecule has 0 aromatic heterocycles. The van der Waals surface area contributed by atoms with Crippen LogP contribution in [0.5, 0.6) is 0 Å². The van der Waals surface area contributed by atoms with Gasteiger partial charge in [-0.05, 0) is 34.1 Å². The van der Waals surface area contributed by atoms with Gasteiger partial charge in [-0.3, -0.25) is 9.80 Å². The molecule has 1 atom stereocenters. The smallest absolute Gasteiger partial charge is 0.0600 e. The van der Waals surface area contributed by atoms with E-state index in [-0.39, 0.29) is 5.60 Å². The van der Waals surface area contributed by atoms with Gasteiger partial charge in [0, 0.05) is 38.8 Å². The molecular formula is C14H30N2O. The first-order chi connectivity index (χ1) is 7.92. The predicted octanol–water partition coefficient (Wildman–Crippen LogP) is 2.22. The maximum atomic E-state index is 5.77. The number of ether oxygens (including phenoxy) is 1. The van der Waals surface area contributed by atoms with E-state index in [0.29, 0.717) is 0 Å². The minimum absolute atomic E-state index is 0.00144. The summed E-state index contributed by atoms with van der Waals surface area (Å²) in [5, 5.41) is 0. The van der Waals surface area contributed by atoms with Crippen molar-refractivity contribution in [2.45, 2.75) is 52.7 Å². The molecule has 1 unspecified atom stereocenters. The average Bonchev–Trinajstić information content (AvgIpc) is 2.27. The standard InChI is InChI=1S/C14H30N2O/c1-6-13(2)16-9-7-15(8-10-16)11-12-17-14(3,4)5/h13H,6-12H2,1-5H3. The minimum Gasteiger partial charge on any atom is -0.375 e. The van der Waals surface area contributed by atoms with Gasteiger partial charge in [-0.15, -0.1) is 0 Å². The first-order valence-electron chi connectivity index (χ1n) is 7.02. The van der Waals surface area contributed by atoms with Gasteiger partial charge in [0.1, 0.15) is 0 Å². The second kappa shape index (κ2) is 6.72. The van der Waals surface area contributed by atoms with Crippen molar-refractivity contribution in [2.24, 2.45) is 0 Å². The zero-order valence-electron chi connectivity index (χ0n) is 12.3. The molecule has 0 aromatic rings. The summed E-state index contributed by atoms with van der Waals surface area (Å²) in [6.45, 7) is 17.7. The summed E-state index contributed by atoms with van der Waals surface area (Å²) in [5.41, 5.74) is -0.00144. The number of piperazine rings is 1. The third-order valence-electron chi connectivity index (χ3n) is 3.56. The van der Waals surface area contributed by atoms with Crippen LogP contribution in [0.1, 0.15) is 41.0 Å². The Morgan fingerprint density at radius 3 is 2.18 bits per heavy atom. The summed E-state index contributed by atoms with van der Waals surface area (Å²) in [6, 6.07) is 0.739. The quantitative estimate of drug-likeness (QED) is 0.735. The fourth-order valence-corrected chi connectivity index (χ4v) is 2.17. The van der Waals surface area contributed by atoms with Crippen LogP contribution in [0.15, 0.2) is 0 Å². The molecule has 3 heteroatoms. The Kier molecular flexibility index (Phi) is 5.90. The van der Waals surface area contributed by atoms with Gasteiger partial charge in [-0.25, -0.2) is 0 Å². The molecule has 0 spiro atoms. The van der Waals surface area contributed by atoms with Crippen LogP contribution in [0.2, 0.25) is 0 Å². The molecular weight excluding hydrogens is 212 g/mol. The lowest BCUT2D eigenvalue weighted by Crippen LogP contribution is -2.50. The summed E-state index contributed by atoms with van der Waals surface area (Å²) < 4.78 is 5.77. The second-order valence-electron chi connectivity index (χ2n) is 6.10. The van der Waals surface area contributed by atoms with Crippen molar-refractivity contribution in [3.63, 3.8) is 0 Å². The molecule has 102 valence electrons. The fourth-order valence-electron chi connectivity index (χ4n) is 2.17. The van der Waals surface area contributed by atoms with Crippen LogP contribution >= 0.6 is 0 Å². The van der Waals surface area contributed by atoms with Crippen LogP contribution in [0.4, 0.5) is 0 Å². The molecule has 1 aliphatic heterocycles. The van der Waals surface area contributed by atoms with Crippen molar-refractivity contribution in [3.05, 3.63) is 0 Å². The topological polar surface area (TPSA) is 15.7 Å². The van der Waals surface area contributed by atoms with Crippen molar-refractivity contribution in [1.82, 2.24) is 9.80 Å². The van der Waals surface area contributed by atoms with E-state index in [2.05, 4.69) is 44.4 Å². The molecule has 0 N–H and O–H groups in total. The molecule has 0 amide bonds. The monoisotopic (exact) mass is 242 g/mol. The van der Waals surface area contributed by atoms with Crippen molar-refractivity contribution in [1.29, 1.82) is 0 Å². The van der Waals surface area contributed by atoms with Gasteiger partial charge in [-0.2, -0.15) is 0 Å². The average molecular weight is 242 g/mol. The fraction of sp³-hybridized carbons (Fsp3) is 1.00. The van der Waals surface area contributed by atoms with Gasteiger partial charge in [0.2, 0.25) is 0 Å². The molecule has 1 heterocycles. The maximum absolute atomic E-state index is 5.77. The van der Waals surface area contributed by atoms with E-state index >= 15 is 0 Å². The minimum atomic E-state index is -0.00144. The van der Waals surface area contributed by atoms with E-state index in [0.717, 1.165) is 19.2 Å². The summed E-state index contributed by atoms with van der Waals surface area (Å²) in [7, 11) is 0. The number of nitrogens with zero attached hydrogens (tertiary/aromatic N) is 2. The molecule has 1 aliphatic rings. The van der Waals surface area contributed by atoms with Crippen LogP contribution in [-0.4, -0.2) is 60.8 Å². The third-order valence-corrected chi connectivity index (χ3v) is 3.56. The number of hydrogen-bond donors (Lipinski definition) is 0. The normalized spacial score (nSPS) is 21.7. The van der Waals surface area contributed by atoms with E-state index in [1.165, 1.54) is 32.6 Å². The van der Waals surface area contributed by atoms with Gasteiger partial charge in [0.25, 0.3) is 0 Å². The molecule has 0 radical (unpaired) electrons. The summed E-state index contributed by atoms with van der Waals surface area (Å²) in [4.78, 5) is 5.12. The Morgan fingerprint density at radius 2 is 1.71 bits per heavy atom. The number of hydrogen-bond acceptors (Lipinski definition) is 3. The van der Waals surface area contributed by atoms with E-state index in [1.54, 1.807) is 0 Å². The summed E-state index contributed by atoms with van der Waals surface area (Å²) in [6.07, 6.45) is 1.26. The van der Waals surface area contributed by atoms with Crippen molar-refractivity contribution in [3.8, 4) is 0 Å². The molecule has 1 fully saturated rings. The Morgan fingerprint density at radius 1 is 1.12 bits per heavy atom. The molecule has 0 aliphatic carbocycles. The highest BCUT2D eigenvalue weighted by molar-refractivity contribution is 4.75. The first-order valence-corrected chi connectivity index (χ1v) is 7.02. The zero-order valence-corrected chi connectivity index (χ0v) is 12.3. The molecule has 0 bridgehead atoms. The first kappa shape index (κ1) is 14.9. The van der Waals surface area contributed by atoms with Crippen LogP contribution in [0.3, 0.4) is 0 Å².